The number of hydrogen-bond donors (Lipinski definition) is 2. The molecule has 0 radical (unpaired) electrons. The predicted molar refractivity (Wildman–Crippen MR) is 119 cm³/mol. The number of ether oxygens (including phenoxy) is 1. The minimum atomic E-state index is 0. The van der Waals surface area contributed by atoms with Crippen LogP contribution in [0, 0.1) is 6.92 Å². The fourth-order valence-electron chi connectivity index (χ4n) is 2.30. The van der Waals surface area contributed by atoms with E-state index in [0.29, 0.717) is 26.3 Å². The van der Waals surface area contributed by atoms with Crippen LogP contribution < -0.4 is 10.6 Å². The van der Waals surface area contributed by atoms with E-state index >= 15 is 0 Å². The molecule has 2 N–H and O–H groups in total. The molecule has 0 amide bonds. The molecule has 1 heterocycles. The molecule has 1 aromatic heterocycles. The molecule has 0 bridgehead atoms. The number of rotatable bonds is 10. The lowest BCUT2D eigenvalue weighted by atomic mass is 10.2. The van der Waals surface area contributed by atoms with Gasteiger partial charge in [0, 0.05) is 20.1 Å². The van der Waals surface area contributed by atoms with E-state index in [1.165, 1.54) is 5.56 Å². The molecular formula is C19H31IN6O. The average molecular weight is 486 g/mol. The van der Waals surface area contributed by atoms with Crippen molar-refractivity contribution in [2.75, 3.05) is 19.7 Å². The van der Waals surface area contributed by atoms with Gasteiger partial charge in [-0.25, -0.2) is 4.99 Å². The Bertz CT molecular complexity index is 674. The van der Waals surface area contributed by atoms with Gasteiger partial charge in [-0.1, -0.05) is 43.7 Å². The Balaban J connectivity index is 0.00000364. The van der Waals surface area contributed by atoms with Crippen LogP contribution in [0.1, 0.15) is 37.0 Å². The van der Waals surface area contributed by atoms with Crippen molar-refractivity contribution >= 4 is 29.9 Å². The Morgan fingerprint density at radius 3 is 2.56 bits per heavy atom. The van der Waals surface area contributed by atoms with Crippen molar-refractivity contribution in [2.45, 2.75) is 39.8 Å². The number of aromatic nitrogens is 3. The molecule has 27 heavy (non-hydrogen) atoms. The van der Waals surface area contributed by atoms with E-state index in [0.717, 1.165) is 37.0 Å². The Kier molecular flexibility index (Phi) is 11.7. The van der Waals surface area contributed by atoms with Gasteiger partial charge in [0.15, 0.2) is 11.8 Å². The van der Waals surface area contributed by atoms with Crippen molar-refractivity contribution in [3.05, 3.63) is 47.5 Å². The van der Waals surface area contributed by atoms with Crippen LogP contribution in [-0.4, -0.2) is 40.4 Å². The van der Waals surface area contributed by atoms with Crippen molar-refractivity contribution in [1.29, 1.82) is 0 Å². The summed E-state index contributed by atoms with van der Waals surface area (Å²) >= 11 is 0. The Morgan fingerprint density at radius 1 is 1.15 bits per heavy atom. The maximum Gasteiger partial charge on any atom is 0.191 e. The molecule has 0 aliphatic carbocycles. The van der Waals surface area contributed by atoms with Gasteiger partial charge in [0.05, 0.1) is 13.2 Å². The Morgan fingerprint density at radius 2 is 1.89 bits per heavy atom. The molecule has 0 aliphatic rings. The SMILES string of the molecule is CCCCNC(=NCc1nnc(C)n1C)NCCOCc1ccccc1.I. The normalized spacial score (nSPS) is 11.1. The summed E-state index contributed by atoms with van der Waals surface area (Å²) in [5.74, 6) is 2.51. The second kappa shape index (κ2) is 13.5. The molecule has 2 aromatic rings. The summed E-state index contributed by atoms with van der Waals surface area (Å²) < 4.78 is 7.66. The number of nitrogens with zero attached hydrogens (tertiary/aromatic N) is 4. The van der Waals surface area contributed by atoms with E-state index in [9.17, 15) is 0 Å². The van der Waals surface area contributed by atoms with Crippen LogP contribution in [-0.2, 0) is 24.9 Å². The van der Waals surface area contributed by atoms with Gasteiger partial charge >= 0.3 is 0 Å². The lowest BCUT2D eigenvalue weighted by Crippen LogP contribution is -2.39. The highest BCUT2D eigenvalue weighted by Gasteiger charge is 2.05. The predicted octanol–water partition coefficient (Wildman–Crippen LogP) is 2.79. The molecule has 0 unspecified atom stereocenters. The molecule has 7 nitrogen and oxygen atoms in total. The largest absolute Gasteiger partial charge is 0.375 e. The topological polar surface area (TPSA) is 76.4 Å². The van der Waals surface area contributed by atoms with Crippen LogP contribution in [0.15, 0.2) is 35.3 Å². The molecule has 0 aliphatic heterocycles. The number of aryl methyl sites for hydroxylation is 1. The molecule has 1 aromatic carbocycles. The molecule has 0 spiro atoms. The zero-order valence-corrected chi connectivity index (χ0v) is 18.8. The van der Waals surface area contributed by atoms with E-state index < -0.39 is 0 Å². The maximum atomic E-state index is 5.71. The summed E-state index contributed by atoms with van der Waals surface area (Å²) in [6.45, 7) is 7.43. The number of guanidine groups is 1. The molecular weight excluding hydrogens is 455 g/mol. The zero-order chi connectivity index (χ0) is 18.6. The third-order valence-corrected chi connectivity index (χ3v) is 4.03. The third-order valence-electron chi connectivity index (χ3n) is 4.03. The van der Waals surface area contributed by atoms with Crippen molar-refractivity contribution in [3.63, 3.8) is 0 Å². The van der Waals surface area contributed by atoms with Crippen molar-refractivity contribution in [3.8, 4) is 0 Å². The smallest absolute Gasteiger partial charge is 0.191 e. The van der Waals surface area contributed by atoms with Gasteiger partial charge in [0.25, 0.3) is 0 Å². The first-order valence-electron chi connectivity index (χ1n) is 9.19. The minimum Gasteiger partial charge on any atom is -0.375 e. The van der Waals surface area contributed by atoms with Gasteiger partial charge in [0.1, 0.15) is 12.4 Å². The van der Waals surface area contributed by atoms with E-state index in [-0.39, 0.29) is 24.0 Å². The number of unbranched alkanes of at least 4 members (excludes halogenated alkanes) is 1. The molecule has 150 valence electrons. The number of benzene rings is 1. The first kappa shape index (κ1) is 23.4. The van der Waals surface area contributed by atoms with Gasteiger partial charge in [-0.15, -0.1) is 34.2 Å². The van der Waals surface area contributed by atoms with Gasteiger partial charge in [-0.2, -0.15) is 0 Å². The summed E-state index contributed by atoms with van der Waals surface area (Å²) in [5.41, 5.74) is 1.18. The van der Waals surface area contributed by atoms with Crippen LogP contribution in [0.25, 0.3) is 0 Å². The zero-order valence-electron chi connectivity index (χ0n) is 16.4. The number of halogens is 1. The Labute approximate surface area is 179 Å². The fraction of sp³-hybridized carbons (Fsp3) is 0.526. The standard InChI is InChI=1S/C19H30N6O.HI/c1-4-5-11-20-19(22-14-18-24-23-16(2)25(18)3)21-12-13-26-15-17-9-7-6-8-10-17;/h6-10H,4-5,11-15H2,1-3H3,(H2,20,21,22);1H. The van der Waals surface area contributed by atoms with E-state index in [1.54, 1.807) is 0 Å². The van der Waals surface area contributed by atoms with Crippen LogP contribution in [0.4, 0.5) is 0 Å². The van der Waals surface area contributed by atoms with Gasteiger partial charge in [0.2, 0.25) is 0 Å². The van der Waals surface area contributed by atoms with Crippen molar-refractivity contribution in [1.82, 2.24) is 25.4 Å². The summed E-state index contributed by atoms with van der Waals surface area (Å²) in [7, 11) is 1.95. The van der Waals surface area contributed by atoms with Crippen LogP contribution in [0.5, 0.6) is 0 Å². The molecule has 0 fully saturated rings. The van der Waals surface area contributed by atoms with Crippen LogP contribution >= 0.6 is 24.0 Å². The Hall–Kier alpha value is -1.68. The van der Waals surface area contributed by atoms with Crippen LogP contribution in [0.2, 0.25) is 0 Å². The van der Waals surface area contributed by atoms with E-state index in [1.807, 2.05) is 36.7 Å². The first-order chi connectivity index (χ1) is 12.7. The highest BCUT2D eigenvalue weighted by atomic mass is 127. The molecule has 0 atom stereocenters. The average Bonchev–Trinajstić information content (AvgIpc) is 2.98. The minimum absolute atomic E-state index is 0. The lowest BCUT2D eigenvalue weighted by molar-refractivity contribution is 0.125. The fourth-order valence-corrected chi connectivity index (χ4v) is 2.30. The van der Waals surface area contributed by atoms with Crippen LogP contribution in [0.3, 0.4) is 0 Å². The van der Waals surface area contributed by atoms with Gasteiger partial charge in [-0.05, 0) is 18.9 Å². The highest BCUT2D eigenvalue weighted by molar-refractivity contribution is 14.0. The van der Waals surface area contributed by atoms with Crippen molar-refractivity contribution < 1.29 is 4.74 Å². The number of hydrogen-bond acceptors (Lipinski definition) is 4. The number of aliphatic imine (C=N–C) groups is 1. The molecule has 0 saturated heterocycles. The van der Waals surface area contributed by atoms with E-state index in [4.69, 9.17) is 4.74 Å². The quantitative estimate of drug-likeness (QED) is 0.234. The summed E-state index contributed by atoms with van der Waals surface area (Å²) in [6, 6.07) is 10.2. The van der Waals surface area contributed by atoms with Crippen molar-refractivity contribution in [2.24, 2.45) is 12.0 Å². The van der Waals surface area contributed by atoms with Gasteiger partial charge < -0.3 is 19.9 Å². The second-order valence-corrected chi connectivity index (χ2v) is 6.13. The van der Waals surface area contributed by atoms with E-state index in [2.05, 4.69) is 44.9 Å². The maximum absolute atomic E-state index is 5.71. The second-order valence-electron chi connectivity index (χ2n) is 6.13. The lowest BCUT2D eigenvalue weighted by Gasteiger charge is -2.12. The molecule has 8 heteroatoms. The molecule has 2 rings (SSSR count). The third kappa shape index (κ3) is 8.70. The van der Waals surface area contributed by atoms with Gasteiger partial charge in [-0.3, -0.25) is 0 Å². The summed E-state index contributed by atoms with van der Waals surface area (Å²) in [5, 5.41) is 14.9. The highest BCUT2D eigenvalue weighted by Crippen LogP contribution is 2.00. The summed E-state index contributed by atoms with van der Waals surface area (Å²) in [4.78, 5) is 4.61. The molecule has 0 saturated carbocycles. The first-order valence-corrected chi connectivity index (χ1v) is 9.19. The monoisotopic (exact) mass is 486 g/mol. The summed E-state index contributed by atoms with van der Waals surface area (Å²) in [6.07, 6.45) is 2.25. The number of nitrogens with one attached hydrogen (secondary N) is 2.